The third-order valence-corrected chi connectivity index (χ3v) is 6.87. The number of nitrogens with one attached hydrogen (secondary N) is 2. The molecular weight excluding hydrogens is 328 g/mol. The summed E-state index contributed by atoms with van der Waals surface area (Å²) < 4.78 is 5.64. The van der Waals surface area contributed by atoms with Gasteiger partial charge in [-0.1, -0.05) is 13.3 Å². The van der Waals surface area contributed by atoms with Crippen molar-refractivity contribution in [3.05, 3.63) is 23.3 Å². The largest absolute Gasteiger partial charge is 0.427 e. The Morgan fingerprint density at radius 1 is 1.19 bits per heavy atom. The molecule has 2 saturated heterocycles. The van der Waals surface area contributed by atoms with Gasteiger partial charge in [0, 0.05) is 30.7 Å². The second kappa shape index (κ2) is 6.13. The molecule has 0 bridgehead atoms. The van der Waals surface area contributed by atoms with Crippen molar-refractivity contribution >= 4 is 11.8 Å². The standard InChI is InChI=1S/C20H30N4O2/c1-14-12-15(26-18(25)22-24-9-6-5-7-10-24)13-16-17(14)21-20(3)19(16,2)8-11-23(20)4/h12-13,21H,5-11H2,1-4H3,(H,22,25)/t19-,20-/m0/s1. The molecule has 1 aromatic carbocycles. The number of nitrogens with zero attached hydrogens (tertiary/aromatic N) is 2. The number of likely N-dealkylation sites (N-methyl/N-ethyl adjacent to an activating group) is 1. The molecular formula is C20H30N4O2. The van der Waals surface area contributed by atoms with Crippen LogP contribution in [0.4, 0.5) is 10.5 Å². The lowest BCUT2D eigenvalue weighted by atomic mass is 9.75. The smallest absolute Gasteiger partial charge is 0.409 e. The van der Waals surface area contributed by atoms with Crippen molar-refractivity contribution in [1.82, 2.24) is 15.3 Å². The van der Waals surface area contributed by atoms with E-state index in [1.807, 2.05) is 11.1 Å². The molecule has 3 aliphatic heterocycles. The fraction of sp³-hybridized carbons (Fsp3) is 0.650. The van der Waals surface area contributed by atoms with Crippen LogP contribution in [0.25, 0.3) is 0 Å². The number of carbonyl (C=O) groups excluding carboxylic acids is 1. The number of carbonyl (C=O) groups is 1. The minimum atomic E-state index is -0.395. The van der Waals surface area contributed by atoms with Crippen LogP contribution in [0.3, 0.4) is 0 Å². The van der Waals surface area contributed by atoms with Crippen LogP contribution in [0.5, 0.6) is 5.75 Å². The molecule has 26 heavy (non-hydrogen) atoms. The predicted molar refractivity (Wildman–Crippen MR) is 102 cm³/mol. The molecule has 0 aromatic heterocycles. The van der Waals surface area contributed by atoms with Gasteiger partial charge < -0.3 is 10.1 Å². The Morgan fingerprint density at radius 3 is 2.65 bits per heavy atom. The first-order valence-electron chi connectivity index (χ1n) is 9.71. The molecule has 2 N–H and O–H groups in total. The van der Waals surface area contributed by atoms with Gasteiger partial charge in [0.05, 0.1) is 5.66 Å². The summed E-state index contributed by atoms with van der Waals surface area (Å²) in [6.07, 6.45) is 4.16. The van der Waals surface area contributed by atoms with Gasteiger partial charge in [0.2, 0.25) is 0 Å². The highest BCUT2D eigenvalue weighted by molar-refractivity contribution is 5.74. The van der Waals surface area contributed by atoms with Gasteiger partial charge in [0.25, 0.3) is 0 Å². The zero-order valence-electron chi connectivity index (χ0n) is 16.3. The van der Waals surface area contributed by atoms with Crippen molar-refractivity contribution in [2.75, 3.05) is 32.0 Å². The van der Waals surface area contributed by atoms with Gasteiger partial charge in [0.1, 0.15) is 5.75 Å². The summed E-state index contributed by atoms with van der Waals surface area (Å²) in [7, 11) is 2.17. The summed E-state index contributed by atoms with van der Waals surface area (Å²) in [5, 5.41) is 5.70. The van der Waals surface area contributed by atoms with Crippen molar-refractivity contribution in [2.24, 2.45) is 0 Å². The fourth-order valence-corrected chi connectivity index (χ4v) is 4.83. The topological polar surface area (TPSA) is 56.8 Å². The van der Waals surface area contributed by atoms with E-state index in [1.165, 1.54) is 17.7 Å². The molecule has 2 atom stereocenters. The number of piperidine rings is 1. The van der Waals surface area contributed by atoms with Crippen molar-refractivity contribution in [2.45, 2.75) is 57.5 Å². The Balaban J connectivity index is 1.55. The van der Waals surface area contributed by atoms with E-state index in [2.05, 4.69) is 49.5 Å². The Bertz CT molecular complexity index is 731. The second-order valence-electron chi connectivity index (χ2n) is 8.41. The fourth-order valence-electron chi connectivity index (χ4n) is 4.83. The highest BCUT2D eigenvalue weighted by Crippen LogP contribution is 2.55. The maximum Gasteiger partial charge on any atom is 0.427 e. The van der Waals surface area contributed by atoms with Crippen molar-refractivity contribution in [3.8, 4) is 5.75 Å². The molecule has 142 valence electrons. The van der Waals surface area contributed by atoms with Gasteiger partial charge in [-0.05, 0) is 63.4 Å². The molecule has 2 fully saturated rings. The molecule has 6 nitrogen and oxygen atoms in total. The number of hydrogen-bond acceptors (Lipinski definition) is 5. The number of anilines is 1. The van der Waals surface area contributed by atoms with Crippen LogP contribution in [0, 0.1) is 6.92 Å². The first-order valence-corrected chi connectivity index (χ1v) is 9.71. The van der Waals surface area contributed by atoms with E-state index >= 15 is 0 Å². The average molecular weight is 358 g/mol. The third kappa shape index (κ3) is 2.58. The summed E-state index contributed by atoms with van der Waals surface area (Å²) in [4.78, 5) is 14.7. The van der Waals surface area contributed by atoms with Crippen molar-refractivity contribution < 1.29 is 9.53 Å². The van der Waals surface area contributed by atoms with E-state index in [4.69, 9.17) is 4.74 Å². The lowest BCUT2D eigenvalue weighted by molar-refractivity contribution is 0.129. The number of rotatable bonds is 2. The summed E-state index contributed by atoms with van der Waals surface area (Å²) in [5.41, 5.74) is 6.33. The molecule has 3 aliphatic rings. The maximum atomic E-state index is 12.3. The number of benzene rings is 1. The van der Waals surface area contributed by atoms with Gasteiger partial charge in [-0.15, -0.1) is 0 Å². The first-order chi connectivity index (χ1) is 12.3. The monoisotopic (exact) mass is 358 g/mol. The van der Waals surface area contributed by atoms with E-state index in [0.29, 0.717) is 5.75 Å². The molecule has 0 radical (unpaired) electrons. The Morgan fingerprint density at radius 2 is 1.92 bits per heavy atom. The average Bonchev–Trinajstić information content (AvgIpc) is 2.96. The minimum absolute atomic E-state index is 0.00452. The second-order valence-corrected chi connectivity index (χ2v) is 8.41. The molecule has 6 heteroatoms. The van der Waals surface area contributed by atoms with E-state index in [0.717, 1.165) is 44.5 Å². The SMILES string of the molecule is Cc1cc(OC(=O)NN2CCCCC2)cc2c1N[C@@]1(C)N(C)CC[C@@]21C. The number of hydrogen-bond donors (Lipinski definition) is 2. The number of amides is 1. The quantitative estimate of drug-likeness (QED) is 0.850. The summed E-state index contributed by atoms with van der Waals surface area (Å²) in [6.45, 7) is 9.50. The van der Waals surface area contributed by atoms with Crippen LogP contribution in [0.2, 0.25) is 0 Å². The van der Waals surface area contributed by atoms with Crippen LogP contribution in [-0.2, 0) is 5.41 Å². The zero-order chi connectivity index (χ0) is 18.5. The summed E-state index contributed by atoms with van der Waals surface area (Å²) >= 11 is 0. The number of hydrazine groups is 1. The first kappa shape index (κ1) is 17.6. The van der Waals surface area contributed by atoms with Gasteiger partial charge in [-0.25, -0.2) is 9.80 Å². The molecule has 3 heterocycles. The maximum absolute atomic E-state index is 12.3. The van der Waals surface area contributed by atoms with Gasteiger partial charge in [-0.3, -0.25) is 10.3 Å². The number of likely N-dealkylation sites (tertiary alicyclic amines) is 1. The Kier molecular flexibility index (Phi) is 4.15. The molecule has 0 saturated carbocycles. The van der Waals surface area contributed by atoms with Crippen molar-refractivity contribution in [1.29, 1.82) is 0 Å². The number of fused-ring (bicyclic) bond motifs is 3. The van der Waals surface area contributed by atoms with Crippen LogP contribution in [0.1, 0.15) is 50.7 Å². The van der Waals surface area contributed by atoms with Crippen LogP contribution < -0.4 is 15.5 Å². The van der Waals surface area contributed by atoms with Crippen LogP contribution >= 0.6 is 0 Å². The molecule has 4 rings (SSSR count). The lowest BCUT2D eigenvalue weighted by Gasteiger charge is -2.39. The van der Waals surface area contributed by atoms with E-state index in [-0.39, 0.29) is 11.1 Å². The normalized spacial score (nSPS) is 31.2. The van der Waals surface area contributed by atoms with E-state index in [1.54, 1.807) is 0 Å². The molecule has 1 amide bonds. The minimum Gasteiger partial charge on any atom is -0.409 e. The number of aryl methyl sites for hydroxylation is 1. The lowest BCUT2D eigenvalue weighted by Crippen LogP contribution is -2.52. The zero-order valence-corrected chi connectivity index (χ0v) is 16.3. The van der Waals surface area contributed by atoms with Gasteiger partial charge in [-0.2, -0.15) is 0 Å². The predicted octanol–water partition coefficient (Wildman–Crippen LogP) is 3.22. The summed E-state index contributed by atoms with van der Waals surface area (Å²) in [5.74, 6) is 0.623. The third-order valence-electron chi connectivity index (χ3n) is 6.87. The Hall–Kier alpha value is -1.79. The summed E-state index contributed by atoms with van der Waals surface area (Å²) in [6, 6.07) is 4.00. The molecule has 0 spiro atoms. The van der Waals surface area contributed by atoms with Gasteiger partial charge >= 0.3 is 6.09 Å². The number of ether oxygens (including phenoxy) is 1. The van der Waals surface area contributed by atoms with Crippen LogP contribution in [0.15, 0.2) is 12.1 Å². The molecule has 0 unspecified atom stereocenters. The highest BCUT2D eigenvalue weighted by atomic mass is 16.6. The van der Waals surface area contributed by atoms with Crippen molar-refractivity contribution in [3.63, 3.8) is 0 Å². The van der Waals surface area contributed by atoms with Crippen LogP contribution in [-0.4, -0.2) is 48.3 Å². The Labute approximate surface area is 155 Å². The highest BCUT2D eigenvalue weighted by Gasteiger charge is 2.58. The molecule has 0 aliphatic carbocycles. The van der Waals surface area contributed by atoms with Gasteiger partial charge in [0.15, 0.2) is 0 Å². The van der Waals surface area contributed by atoms with E-state index in [9.17, 15) is 4.79 Å². The van der Waals surface area contributed by atoms with E-state index < -0.39 is 6.09 Å². The molecule has 1 aromatic rings.